The Bertz CT molecular complexity index is 959. The molecule has 5 nitrogen and oxygen atoms in total. The SMILES string of the molecule is CCCC(=O)OCc1ccc(OC(=O)CCC)c(C(CC)c2cccc(N(C(C)C)C(C)C)c2)c1. The van der Waals surface area contributed by atoms with Crippen molar-refractivity contribution in [3.05, 3.63) is 59.2 Å². The minimum absolute atomic E-state index is 0.0341. The number of esters is 2. The number of anilines is 1. The summed E-state index contributed by atoms with van der Waals surface area (Å²) in [4.78, 5) is 26.7. The molecule has 2 rings (SSSR count). The highest BCUT2D eigenvalue weighted by molar-refractivity contribution is 5.73. The maximum atomic E-state index is 12.4. The van der Waals surface area contributed by atoms with E-state index < -0.39 is 0 Å². The summed E-state index contributed by atoms with van der Waals surface area (Å²) >= 11 is 0. The van der Waals surface area contributed by atoms with Crippen LogP contribution in [0.3, 0.4) is 0 Å². The summed E-state index contributed by atoms with van der Waals surface area (Å²) < 4.78 is 11.3. The monoisotopic (exact) mass is 481 g/mol. The molecule has 5 heteroatoms. The first-order valence-electron chi connectivity index (χ1n) is 13.1. The molecule has 1 atom stereocenters. The molecule has 0 amide bonds. The predicted molar refractivity (Wildman–Crippen MR) is 143 cm³/mol. The summed E-state index contributed by atoms with van der Waals surface area (Å²) in [6, 6.07) is 15.1. The summed E-state index contributed by atoms with van der Waals surface area (Å²) in [5.74, 6) is 0.181. The minimum atomic E-state index is -0.231. The second kappa shape index (κ2) is 13.9. The van der Waals surface area contributed by atoms with E-state index in [2.05, 4.69) is 63.8 Å². The van der Waals surface area contributed by atoms with E-state index in [0.717, 1.165) is 30.4 Å². The van der Waals surface area contributed by atoms with Gasteiger partial charge in [-0.15, -0.1) is 0 Å². The van der Waals surface area contributed by atoms with Crippen molar-refractivity contribution in [1.82, 2.24) is 0 Å². The number of ether oxygens (including phenoxy) is 2. The van der Waals surface area contributed by atoms with Crippen molar-refractivity contribution in [2.75, 3.05) is 4.90 Å². The van der Waals surface area contributed by atoms with Gasteiger partial charge in [0.1, 0.15) is 12.4 Å². The first-order chi connectivity index (χ1) is 16.7. The van der Waals surface area contributed by atoms with Gasteiger partial charge in [0.15, 0.2) is 0 Å². The molecule has 0 saturated heterocycles. The van der Waals surface area contributed by atoms with Crippen LogP contribution in [0.25, 0.3) is 0 Å². The van der Waals surface area contributed by atoms with Gasteiger partial charge < -0.3 is 14.4 Å². The molecule has 0 aliphatic heterocycles. The maximum absolute atomic E-state index is 12.4. The summed E-state index contributed by atoms with van der Waals surface area (Å²) in [6.07, 6.45) is 3.11. The van der Waals surface area contributed by atoms with Crippen LogP contribution in [0.5, 0.6) is 5.75 Å². The molecular weight excluding hydrogens is 438 g/mol. The van der Waals surface area contributed by atoms with Crippen LogP contribution in [0, 0.1) is 0 Å². The van der Waals surface area contributed by atoms with Crippen molar-refractivity contribution in [2.45, 2.75) is 105 Å². The van der Waals surface area contributed by atoms with Crippen LogP contribution in [-0.2, 0) is 20.9 Å². The first kappa shape index (κ1) is 28.4. The minimum Gasteiger partial charge on any atom is -0.461 e. The second-order valence-corrected chi connectivity index (χ2v) is 9.66. The molecule has 0 radical (unpaired) electrons. The van der Waals surface area contributed by atoms with Crippen molar-refractivity contribution < 1.29 is 19.1 Å². The molecule has 0 aliphatic rings. The standard InChI is InChI=1S/C30H43NO4/c1-8-12-29(32)34-20-23-16-17-28(35-30(33)13-9-2)27(18-23)26(10-3)24-14-11-15-25(19-24)31(21(4)5)22(6)7/h11,14-19,21-22,26H,8-10,12-13,20H2,1-7H3. The molecule has 2 aromatic carbocycles. The van der Waals surface area contributed by atoms with Gasteiger partial charge in [-0.25, -0.2) is 0 Å². The lowest BCUT2D eigenvalue weighted by atomic mass is 9.87. The third-order valence-corrected chi connectivity index (χ3v) is 6.07. The van der Waals surface area contributed by atoms with E-state index in [-0.39, 0.29) is 24.5 Å². The van der Waals surface area contributed by atoms with E-state index in [1.807, 2.05) is 32.0 Å². The number of carbonyl (C=O) groups is 2. The molecule has 0 saturated carbocycles. The Balaban J connectivity index is 2.49. The molecule has 0 heterocycles. The molecule has 2 aromatic rings. The third kappa shape index (κ3) is 8.12. The van der Waals surface area contributed by atoms with Crippen LogP contribution in [0.4, 0.5) is 5.69 Å². The van der Waals surface area contributed by atoms with Crippen molar-refractivity contribution in [3.63, 3.8) is 0 Å². The molecule has 35 heavy (non-hydrogen) atoms. The van der Waals surface area contributed by atoms with Crippen molar-refractivity contribution >= 4 is 17.6 Å². The van der Waals surface area contributed by atoms with Crippen LogP contribution in [-0.4, -0.2) is 24.0 Å². The molecule has 0 spiro atoms. The van der Waals surface area contributed by atoms with Gasteiger partial charge in [-0.2, -0.15) is 0 Å². The number of hydrogen-bond donors (Lipinski definition) is 0. The lowest BCUT2D eigenvalue weighted by molar-refractivity contribution is -0.145. The highest BCUT2D eigenvalue weighted by Crippen LogP contribution is 2.37. The summed E-state index contributed by atoms with van der Waals surface area (Å²) in [6.45, 7) is 15.1. The van der Waals surface area contributed by atoms with Crippen molar-refractivity contribution in [1.29, 1.82) is 0 Å². The topological polar surface area (TPSA) is 55.8 Å². The van der Waals surface area contributed by atoms with Gasteiger partial charge in [0.05, 0.1) is 0 Å². The maximum Gasteiger partial charge on any atom is 0.311 e. The van der Waals surface area contributed by atoms with E-state index in [4.69, 9.17) is 9.47 Å². The van der Waals surface area contributed by atoms with Crippen LogP contribution >= 0.6 is 0 Å². The molecule has 0 aromatic heterocycles. The van der Waals surface area contributed by atoms with Crippen LogP contribution in [0.1, 0.15) is 103 Å². The van der Waals surface area contributed by atoms with Crippen molar-refractivity contribution in [2.24, 2.45) is 0 Å². The van der Waals surface area contributed by atoms with E-state index in [9.17, 15) is 9.59 Å². The lowest BCUT2D eigenvalue weighted by Crippen LogP contribution is -2.37. The summed E-state index contributed by atoms with van der Waals surface area (Å²) in [7, 11) is 0. The fourth-order valence-corrected chi connectivity index (χ4v) is 4.60. The van der Waals surface area contributed by atoms with Crippen molar-refractivity contribution in [3.8, 4) is 5.75 Å². The Hall–Kier alpha value is -2.82. The molecular formula is C30H43NO4. The normalized spacial score (nSPS) is 12.0. The van der Waals surface area contributed by atoms with Crippen LogP contribution in [0.2, 0.25) is 0 Å². The zero-order valence-corrected chi connectivity index (χ0v) is 22.6. The molecule has 0 bridgehead atoms. The fourth-order valence-electron chi connectivity index (χ4n) is 4.60. The molecule has 1 unspecified atom stereocenters. The number of carbonyl (C=O) groups excluding carboxylic acids is 2. The lowest BCUT2D eigenvalue weighted by Gasteiger charge is -2.34. The third-order valence-electron chi connectivity index (χ3n) is 6.07. The molecule has 192 valence electrons. The Labute approximate surface area is 211 Å². The average molecular weight is 482 g/mol. The van der Waals surface area contributed by atoms with E-state index >= 15 is 0 Å². The van der Waals surface area contributed by atoms with Crippen LogP contribution < -0.4 is 9.64 Å². The number of rotatable bonds is 13. The highest BCUT2D eigenvalue weighted by Gasteiger charge is 2.22. The van der Waals surface area contributed by atoms with Gasteiger partial charge in [-0.05, 0) is 82.3 Å². The zero-order chi connectivity index (χ0) is 26.0. The number of hydrogen-bond acceptors (Lipinski definition) is 5. The van der Waals surface area contributed by atoms with Gasteiger partial charge in [-0.3, -0.25) is 9.59 Å². The Kier molecular flexibility index (Phi) is 11.3. The van der Waals surface area contributed by atoms with Gasteiger partial charge in [-0.1, -0.05) is 39.0 Å². The van der Waals surface area contributed by atoms with E-state index in [1.165, 1.54) is 11.3 Å². The summed E-state index contributed by atoms with van der Waals surface area (Å²) in [5.41, 5.74) is 4.18. The molecule has 0 aliphatic carbocycles. The average Bonchev–Trinajstić information content (AvgIpc) is 2.80. The molecule has 0 fully saturated rings. The highest BCUT2D eigenvalue weighted by atomic mass is 16.5. The zero-order valence-electron chi connectivity index (χ0n) is 22.6. The smallest absolute Gasteiger partial charge is 0.311 e. The van der Waals surface area contributed by atoms with Gasteiger partial charge in [0.25, 0.3) is 0 Å². The second-order valence-electron chi connectivity index (χ2n) is 9.66. The van der Waals surface area contributed by atoms with E-state index in [1.54, 1.807) is 0 Å². The predicted octanol–water partition coefficient (Wildman–Crippen LogP) is 7.40. The first-order valence-corrected chi connectivity index (χ1v) is 13.1. The quantitative estimate of drug-likeness (QED) is 0.220. The Morgan fingerprint density at radius 1 is 0.857 bits per heavy atom. The largest absolute Gasteiger partial charge is 0.461 e. The van der Waals surface area contributed by atoms with Gasteiger partial charge >= 0.3 is 11.9 Å². The Morgan fingerprint density at radius 2 is 1.51 bits per heavy atom. The van der Waals surface area contributed by atoms with E-state index in [0.29, 0.717) is 30.7 Å². The summed E-state index contributed by atoms with van der Waals surface area (Å²) in [5, 5.41) is 0. The Morgan fingerprint density at radius 3 is 2.11 bits per heavy atom. The fraction of sp³-hybridized carbons (Fsp3) is 0.533. The van der Waals surface area contributed by atoms with Crippen LogP contribution in [0.15, 0.2) is 42.5 Å². The van der Waals surface area contributed by atoms with Gasteiger partial charge in [0.2, 0.25) is 0 Å². The number of nitrogens with zero attached hydrogens (tertiary/aromatic N) is 1. The molecule has 0 N–H and O–H groups in total. The van der Waals surface area contributed by atoms with Gasteiger partial charge in [0, 0.05) is 42.1 Å². The number of benzene rings is 2.